The highest BCUT2D eigenvalue weighted by Crippen LogP contribution is 2.52. The Bertz CT molecular complexity index is 3640. The van der Waals surface area contributed by atoms with Crippen molar-refractivity contribution in [1.29, 1.82) is 0 Å². The van der Waals surface area contributed by atoms with Crippen molar-refractivity contribution in [2.45, 2.75) is 6.04 Å². The molecule has 14 rings (SSSR count). The van der Waals surface area contributed by atoms with Crippen molar-refractivity contribution in [1.82, 2.24) is 15.6 Å². The number of pyridine rings is 1. The minimum Gasteiger partial charge on any atom is -0.382 e. The number of nitrogens with one attached hydrogen (secondary N) is 2. The van der Waals surface area contributed by atoms with E-state index in [2.05, 4.69) is 235 Å². The second-order valence-electron chi connectivity index (χ2n) is 18.3. The van der Waals surface area contributed by atoms with Gasteiger partial charge >= 0.3 is 0 Å². The topological polar surface area (TPSA) is 37.0 Å². The van der Waals surface area contributed by atoms with Crippen molar-refractivity contribution in [2.24, 2.45) is 0 Å². The van der Waals surface area contributed by atoms with Crippen molar-refractivity contribution in [3.63, 3.8) is 0 Å². The molecule has 0 radical (unpaired) electrons. The minimum absolute atomic E-state index is 0.133. The SMILES string of the molecule is C1=C(c2cc(-c3ccc4c5c(cccc35)-c3ccccc3-4)cc(-c3ccc4c5c(cccc35)-c3ccccc3-4)c2)C=C(c2ccc(-c3ccccc3)cn2)NC1C1=CC=C(c2ccccc2)CN1. The van der Waals surface area contributed by atoms with Gasteiger partial charge in [0.2, 0.25) is 0 Å². The van der Waals surface area contributed by atoms with Crippen LogP contribution in [0.15, 0.2) is 236 Å². The first-order valence-electron chi connectivity index (χ1n) is 23.6. The first kappa shape index (κ1) is 38.5. The monoisotopic (exact) mass is 865 g/mol. The number of hydrogen-bond donors (Lipinski definition) is 2. The molecule has 0 saturated heterocycles. The van der Waals surface area contributed by atoms with Crippen molar-refractivity contribution < 1.29 is 0 Å². The first-order valence-corrected chi connectivity index (χ1v) is 23.6. The summed E-state index contributed by atoms with van der Waals surface area (Å²) in [6.07, 6.45) is 11.2. The smallest absolute Gasteiger partial charge is 0.0861 e. The maximum atomic E-state index is 5.11. The molecule has 0 fully saturated rings. The highest BCUT2D eigenvalue weighted by molar-refractivity contribution is 6.20. The lowest BCUT2D eigenvalue weighted by Crippen LogP contribution is -2.37. The lowest BCUT2D eigenvalue weighted by Gasteiger charge is -2.29. The zero-order valence-electron chi connectivity index (χ0n) is 37.2. The minimum atomic E-state index is -0.133. The van der Waals surface area contributed by atoms with Crippen LogP contribution in [-0.4, -0.2) is 17.6 Å². The lowest BCUT2D eigenvalue weighted by atomic mass is 9.87. The second kappa shape index (κ2) is 15.4. The van der Waals surface area contributed by atoms with Crippen LogP contribution in [0.1, 0.15) is 16.8 Å². The molecule has 1 unspecified atom stereocenters. The zero-order valence-corrected chi connectivity index (χ0v) is 37.2. The van der Waals surface area contributed by atoms with Crippen LogP contribution >= 0.6 is 0 Å². The summed E-state index contributed by atoms with van der Waals surface area (Å²) >= 11 is 0. The summed E-state index contributed by atoms with van der Waals surface area (Å²) in [6, 6.07) is 73.3. The molecular formula is C65H43N3. The summed E-state index contributed by atoms with van der Waals surface area (Å²) in [6.45, 7) is 0.740. The molecule has 2 aliphatic carbocycles. The Hall–Kier alpha value is -8.79. The summed E-state index contributed by atoms with van der Waals surface area (Å²) < 4.78 is 0. The van der Waals surface area contributed by atoms with Gasteiger partial charge in [0.1, 0.15) is 0 Å². The van der Waals surface area contributed by atoms with Gasteiger partial charge in [-0.1, -0.05) is 182 Å². The number of benzene rings is 9. The quantitative estimate of drug-likeness (QED) is 0.168. The van der Waals surface area contributed by atoms with Gasteiger partial charge in [-0.25, -0.2) is 0 Å². The second-order valence-corrected chi connectivity index (χ2v) is 18.3. The average Bonchev–Trinajstić information content (AvgIpc) is 3.93. The Kier molecular flexibility index (Phi) is 8.72. The van der Waals surface area contributed by atoms with Crippen LogP contribution in [0.2, 0.25) is 0 Å². The highest BCUT2D eigenvalue weighted by Gasteiger charge is 2.27. The maximum absolute atomic E-state index is 5.11. The number of fused-ring (bicyclic) bond motifs is 6. The Morgan fingerprint density at radius 2 is 0.912 bits per heavy atom. The molecule has 9 aromatic carbocycles. The van der Waals surface area contributed by atoms with E-state index >= 15 is 0 Å². The Balaban J connectivity index is 0.969. The normalized spacial score (nSPS) is 15.1. The van der Waals surface area contributed by atoms with Gasteiger partial charge in [0, 0.05) is 24.0 Å². The highest BCUT2D eigenvalue weighted by atomic mass is 15.0. The van der Waals surface area contributed by atoms with E-state index in [4.69, 9.17) is 4.98 Å². The third kappa shape index (κ3) is 6.17. The van der Waals surface area contributed by atoms with E-state index < -0.39 is 0 Å². The van der Waals surface area contributed by atoms with Gasteiger partial charge in [-0.3, -0.25) is 4.98 Å². The van der Waals surface area contributed by atoms with E-state index in [1.807, 2.05) is 6.20 Å². The largest absolute Gasteiger partial charge is 0.382 e. The molecule has 10 aromatic rings. The third-order valence-corrected chi connectivity index (χ3v) is 14.5. The molecule has 68 heavy (non-hydrogen) atoms. The summed E-state index contributed by atoms with van der Waals surface area (Å²) in [5, 5.41) is 12.9. The zero-order chi connectivity index (χ0) is 44.7. The molecule has 0 amide bonds. The van der Waals surface area contributed by atoms with Gasteiger partial charge in [-0.2, -0.15) is 0 Å². The fraction of sp³-hybridized carbons (Fsp3) is 0.0308. The Labute approximate surface area is 395 Å². The van der Waals surface area contributed by atoms with E-state index in [1.165, 1.54) is 99.4 Å². The van der Waals surface area contributed by atoms with Crippen LogP contribution < -0.4 is 10.6 Å². The van der Waals surface area contributed by atoms with Crippen molar-refractivity contribution >= 4 is 38.4 Å². The first-order chi connectivity index (χ1) is 33.7. The molecule has 3 heteroatoms. The Morgan fingerprint density at radius 3 is 1.46 bits per heavy atom. The van der Waals surface area contributed by atoms with Crippen molar-refractivity contribution in [3.05, 3.63) is 253 Å². The van der Waals surface area contributed by atoms with E-state index in [0.717, 1.165) is 45.9 Å². The molecule has 0 saturated carbocycles. The summed E-state index contributed by atoms with van der Waals surface area (Å²) in [5.41, 5.74) is 25.3. The summed E-state index contributed by atoms with van der Waals surface area (Å²) in [5.74, 6) is 0. The molecule has 318 valence electrons. The van der Waals surface area contributed by atoms with Crippen molar-refractivity contribution in [3.8, 4) is 77.9 Å². The van der Waals surface area contributed by atoms with Gasteiger partial charge in [-0.05, 0) is 159 Å². The summed E-state index contributed by atoms with van der Waals surface area (Å²) in [7, 11) is 0. The molecule has 4 aliphatic rings. The third-order valence-electron chi connectivity index (χ3n) is 14.5. The molecule has 1 atom stereocenters. The predicted octanol–water partition coefficient (Wildman–Crippen LogP) is 15.7. The van der Waals surface area contributed by atoms with Crippen LogP contribution in [0, 0.1) is 0 Å². The fourth-order valence-corrected chi connectivity index (χ4v) is 11.3. The maximum Gasteiger partial charge on any atom is 0.0861 e. The number of hydrogen-bond acceptors (Lipinski definition) is 3. The van der Waals surface area contributed by atoms with Crippen LogP contribution in [-0.2, 0) is 0 Å². The van der Waals surface area contributed by atoms with Gasteiger partial charge in [0.15, 0.2) is 0 Å². The molecule has 0 spiro atoms. The standard InChI is InChI=1S/C65H43N3/c1-3-13-40(14-4-1)42-25-31-60(66-38-42)62-36-45(37-63(68-62)61-32-26-43(39-67-61)41-15-5-2-6-16-41)44-33-46(48-27-29-58-52-19-9-7-17-50(52)56-23-11-21-54(48)64(56)58)35-47(34-44)49-28-30-59-53-20-10-8-18-51(53)57-24-12-22-55(49)65(57)59/h1-38,63,67-68H,39H2. The summed E-state index contributed by atoms with van der Waals surface area (Å²) in [4.78, 5) is 5.11. The predicted molar refractivity (Wildman–Crippen MR) is 284 cm³/mol. The number of aromatic nitrogens is 1. The Morgan fingerprint density at radius 1 is 0.397 bits per heavy atom. The molecule has 1 aromatic heterocycles. The molecular weight excluding hydrogens is 823 g/mol. The van der Waals surface area contributed by atoms with Gasteiger partial charge in [0.25, 0.3) is 0 Å². The molecule has 0 bridgehead atoms. The van der Waals surface area contributed by atoms with Gasteiger partial charge in [-0.15, -0.1) is 0 Å². The van der Waals surface area contributed by atoms with Crippen LogP contribution in [0.4, 0.5) is 0 Å². The van der Waals surface area contributed by atoms with Crippen LogP contribution in [0.3, 0.4) is 0 Å². The lowest BCUT2D eigenvalue weighted by molar-refractivity contribution is 0.718. The fourth-order valence-electron chi connectivity index (χ4n) is 11.3. The van der Waals surface area contributed by atoms with E-state index in [-0.39, 0.29) is 6.04 Å². The molecule has 3 heterocycles. The molecule has 3 nitrogen and oxygen atoms in total. The number of dihydropyridines is 2. The molecule has 2 aliphatic heterocycles. The number of allylic oxidation sites excluding steroid dienone is 4. The number of rotatable bonds is 7. The van der Waals surface area contributed by atoms with Crippen LogP contribution in [0.5, 0.6) is 0 Å². The van der Waals surface area contributed by atoms with E-state index in [9.17, 15) is 0 Å². The van der Waals surface area contributed by atoms with E-state index in [1.54, 1.807) is 0 Å². The average molecular weight is 866 g/mol. The van der Waals surface area contributed by atoms with Gasteiger partial charge < -0.3 is 10.6 Å². The van der Waals surface area contributed by atoms with Gasteiger partial charge in [0.05, 0.1) is 17.4 Å². The number of nitrogens with zero attached hydrogens (tertiary/aromatic N) is 1. The van der Waals surface area contributed by atoms with Crippen LogP contribution in [0.25, 0.3) is 116 Å². The van der Waals surface area contributed by atoms with E-state index in [0.29, 0.717) is 0 Å². The van der Waals surface area contributed by atoms with Crippen molar-refractivity contribution in [2.75, 3.05) is 6.54 Å². The molecule has 2 N–H and O–H groups in total.